The molecule has 0 amide bonds. The number of pyridine rings is 1. The van der Waals surface area contributed by atoms with Gasteiger partial charge in [0.1, 0.15) is 11.0 Å². The van der Waals surface area contributed by atoms with Crippen LogP contribution in [0, 0.1) is 15.9 Å². The molecule has 0 aliphatic rings. The Balaban J connectivity index is 2.32. The molecule has 7 heteroatoms. The Morgan fingerprint density at radius 1 is 1.38 bits per heavy atom. The minimum absolute atomic E-state index is 0.114. The smallest absolute Gasteiger partial charge is 0.272 e. The standard InChI is InChI=1S/C14H13ClFN3O2/c15-14-4-1-9(8-18-14)11(7-17)5-10-6-12(16)2-3-13(10)19(20)21/h1-4,6,8,11H,5,7,17H2. The number of nitrogens with zero attached hydrogens (tertiary/aromatic N) is 2. The first-order valence-electron chi connectivity index (χ1n) is 6.25. The van der Waals surface area contributed by atoms with Crippen molar-refractivity contribution in [3.63, 3.8) is 0 Å². The van der Waals surface area contributed by atoms with Gasteiger partial charge in [0.05, 0.1) is 4.92 Å². The van der Waals surface area contributed by atoms with E-state index in [0.29, 0.717) is 10.7 Å². The molecule has 0 fully saturated rings. The number of hydrogen-bond acceptors (Lipinski definition) is 4. The number of aromatic nitrogens is 1. The summed E-state index contributed by atoms with van der Waals surface area (Å²) in [5, 5.41) is 11.4. The van der Waals surface area contributed by atoms with Crippen LogP contribution in [0.1, 0.15) is 17.0 Å². The topological polar surface area (TPSA) is 82.0 Å². The highest BCUT2D eigenvalue weighted by Gasteiger charge is 2.19. The average Bonchev–Trinajstić information content (AvgIpc) is 2.45. The fraction of sp³-hybridized carbons (Fsp3) is 0.214. The zero-order valence-electron chi connectivity index (χ0n) is 11.0. The number of nitro groups is 1. The second kappa shape index (κ2) is 6.60. The van der Waals surface area contributed by atoms with Gasteiger partial charge in [0, 0.05) is 23.7 Å². The molecule has 1 aromatic heterocycles. The van der Waals surface area contributed by atoms with E-state index in [1.165, 1.54) is 12.1 Å². The van der Waals surface area contributed by atoms with Gasteiger partial charge in [-0.3, -0.25) is 10.1 Å². The van der Waals surface area contributed by atoms with Crippen molar-refractivity contribution >= 4 is 17.3 Å². The monoisotopic (exact) mass is 309 g/mol. The predicted octanol–water partition coefficient (Wildman–Crippen LogP) is 3.07. The van der Waals surface area contributed by atoms with Gasteiger partial charge in [0.15, 0.2) is 0 Å². The van der Waals surface area contributed by atoms with Crippen LogP contribution in [0.3, 0.4) is 0 Å². The molecule has 0 aliphatic heterocycles. The van der Waals surface area contributed by atoms with Crippen molar-refractivity contribution in [3.8, 4) is 0 Å². The maximum atomic E-state index is 13.3. The minimum Gasteiger partial charge on any atom is -0.330 e. The van der Waals surface area contributed by atoms with Crippen LogP contribution in [0.2, 0.25) is 5.15 Å². The van der Waals surface area contributed by atoms with Crippen LogP contribution < -0.4 is 5.73 Å². The number of halogens is 2. The van der Waals surface area contributed by atoms with E-state index < -0.39 is 10.7 Å². The summed E-state index contributed by atoms with van der Waals surface area (Å²) in [6.07, 6.45) is 1.83. The number of hydrogen-bond donors (Lipinski definition) is 1. The summed E-state index contributed by atoms with van der Waals surface area (Å²) in [6, 6.07) is 6.79. The molecule has 21 heavy (non-hydrogen) atoms. The predicted molar refractivity (Wildman–Crippen MR) is 77.8 cm³/mol. The van der Waals surface area contributed by atoms with Gasteiger partial charge < -0.3 is 5.73 Å². The Hall–Kier alpha value is -2.05. The maximum absolute atomic E-state index is 13.3. The molecule has 0 spiro atoms. The van der Waals surface area contributed by atoms with E-state index >= 15 is 0 Å². The van der Waals surface area contributed by atoms with E-state index in [1.807, 2.05) is 0 Å². The van der Waals surface area contributed by atoms with E-state index in [-0.39, 0.29) is 24.6 Å². The first-order chi connectivity index (χ1) is 10.0. The fourth-order valence-electron chi connectivity index (χ4n) is 2.13. The normalized spacial score (nSPS) is 12.1. The lowest BCUT2D eigenvalue weighted by Gasteiger charge is -2.15. The second-order valence-electron chi connectivity index (χ2n) is 4.58. The molecule has 1 heterocycles. The lowest BCUT2D eigenvalue weighted by Crippen LogP contribution is -2.16. The summed E-state index contributed by atoms with van der Waals surface area (Å²) in [5.41, 5.74) is 6.73. The number of nitro benzene ring substituents is 1. The zero-order chi connectivity index (χ0) is 15.4. The van der Waals surface area contributed by atoms with Crippen LogP contribution in [-0.2, 0) is 6.42 Å². The summed E-state index contributed by atoms with van der Waals surface area (Å²) in [6.45, 7) is 0.261. The third-order valence-corrected chi connectivity index (χ3v) is 3.43. The molecule has 110 valence electrons. The molecule has 5 nitrogen and oxygen atoms in total. The highest BCUT2D eigenvalue weighted by molar-refractivity contribution is 6.29. The summed E-state index contributed by atoms with van der Waals surface area (Å²) >= 11 is 5.73. The van der Waals surface area contributed by atoms with Crippen LogP contribution >= 0.6 is 11.6 Å². The quantitative estimate of drug-likeness (QED) is 0.523. The van der Waals surface area contributed by atoms with Crippen LogP contribution in [0.15, 0.2) is 36.5 Å². The van der Waals surface area contributed by atoms with E-state index in [4.69, 9.17) is 17.3 Å². The van der Waals surface area contributed by atoms with E-state index in [0.717, 1.165) is 11.6 Å². The van der Waals surface area contributed by atoms with Crippen molar-refractivity contribution in [1.29, 1.82) is 0 Å². The van der Waals surface area contributed by atoms with Crippen molar-refractivity contribution < 1.29 is 9.31 Å². The highest BCUT2D eigenvalue weighted by Crippen LogP contribution is 2.27. The van der Waals surface area contributed by atoms with Gasteiger partial charge in [-0.15, -0.1) is 0 Å². The molecule has 0 saturated heterocycles. The molecule has 1 atom stereocenters. The van der Waals surface area contributed by atoms with Gasteiger partial charge in [-0.05, 0) is 36.7 Å². The lowest BCUT2D eigenvalue weighted by molar-refractivity contribution is -0.385. The first kappa shape index (κ1) is 15.3. The number of benzene rings is 1. The van der Waals surface area contributed by atoms with E-state index in [9.17, 15) is 14.5 Å². The molecule has 2 rings (SSSR count). The molecular weight excluding hydrogens is 297 g/mol. The summed E-state index contributed by atoms with van der Waals surface area (Å²) in [7, 11) is 0. The SMILES string of the molecule is NCC(Cc1cc(F)ccc1[N+](=O)[O-])c1ccc(Cl)nc1. The highest BCUT2D eigenvalue weighted by atomic mass is 35.5. The largest absolute Gasteiger partial charge is 0.330 e. The Labute approximate surface area is 125 Å². The third-order valence-electron chi connectivity index (χ3n) is 3.21. The van der Waals surface area contributed by atoms with E-state index in [2.05, 4.69) is 4.98 Å². The molecule has 2 N–H and O–H groups in total. The van der Waals surface area contributed by atoms with Gasteiger partial charge in [-0.1, -0.05) is 17.7 Å². The molecule has 0 aliphatic carbocycles. The van der Waals surface area contributed by atoms with Gasteiger partial charge in [-0.25, -0.2) is 9.37 Å². The van der Waals surface area contributed by atoms with Crippen LogP contribution in [0.4, 0.5) is 10.1 Å². The molecule has 0 saturated carbocycles. The Morgan fingerprint density at radius 2 is 2.14 bits per heavy atom. The zero-order valence-corrected chi connectivity index (χ0v) is 11.8. The van der Waals surface area contributed by atoms with Crippen LogP contribution in [0.25, 0.3) is 0 Å². The third kappa shape index (κ3) is 3.74. The molecular formula is C14H13ClFN3O2. The summed E-state index contributed by atoms with van der Waals surface area (Å²) in [5.74, 6) is -0.712. The summed E-state index contributed by atoms with van der Waals surface area (Å²) < 4.78 is 13.3. The van der Waals surface area contributed by atoms with Crippen LogP contribution in [0.5, 0.6) is 0 Å². The minimum atomic E-state index is -0.525. The molecule has 0 radical (unpaired) electrons. The second-order valence-corrected chi connectivity index (χ2v) is 4.97. The number of rotatable bonds is 5. The van der Waals surface area contributed by atoms with Crippen molar-refractivity contribution in [3.05, 3.63) is 68.7 Å². The van der Waals surface area contributed by atoms with Crippen molar-refractivity contribution in [1.82, 2.24) is 4.98 Å². The summed E-state index contributed by atoms with van der Waals surface area (Å²) in [4.78, 5) is 14.4. The Kier molecular flexibility index (Phi) is 4.82. The number of nitrogens with two attached hydrogens (primary N) is 1. The van der Waals surface area contributed by atoms with Crippen LogP contribution in [-0.4, -0.2) is 16.5 Å². The molecule has 1 unspecified atom stereocenters. The Bertz CT molecular complexity index is 649. The average molecular weight is 310 g/mol. The Morgan fingerprint density at radius 3 is 2.71 bits per heavy atom. The van der Waals surface area contributed by atoms with Gasteiger partial charge in [0.2, 0.25) is 0 Å². The first-order valence-corrected chi connectivity index (χ1v) is 6.63. The molecule has 1 aromatic carbocycles. The maximum Gasteiger partial charge on any atom is 0.272 e. The van der Waals surface area contributed by atoms with Gasteiger partial charge in [0.25, 0.3) is 5.69 Å². The fourth-order valence-corrected chi connectivity index (χ4v) is 2.24. The van der Waals surface area contributed by atoms with Crippen molar-refractivity contribution in [2.75, 3.05) is 6.54 Å². The van der Waals surface area contributed by atoms with Gasteiger partial charge in [-0.2, -0.15) is 0 Å². The molecule has 0 bridgehead atoms. The van der Waals surface area contributed by atoms with Gasteiger partial charge >= 0.3 is 0 Å². The van der Waals surface area contributed by atoms with Crippen molar-refractivity contribution in [2.24, 2.45) is 5.73 Å². The van der Waals surface area contributed by atoms with Crippen molar-refractivity contribution in [2.45, 2.75) is 12.3 Å². The van der Waals surface area contributed by atoms with E-state index in [1.54, 1.807) is 18.3 Å². The lowest BCUT2D eigenvalue weighted by atomic mass is 9.92. The molecule has 2 aromatic rings.